The van der Waals surface area contributed by atoms with Crippen molar-refractivity contribution in [2.45, 2.75) is 6.42 Å². The predicted octanol–water partition coefficient (Wildman–Crippen LogP) is 3.86. The Bertz CT molecular complexity index is 1040. The van der Waals surface area contributed by atoms with E-state index >= 15 is 0 Å². The summed E-state index contributed by atoms with van der Waals surface area (Å²) in [5.41, 5.74) is 2.97. The van der Waals surface area contributed by atoms with Crippen LogP contribution in [0.25, 0.3) is 10.8 Å². The highest BCUT2D eigenvalue weighted by Crippen LogP contribution is 2.32. The van der Waals surface area contributed by atoms with Gasteiger partial charge in [-0.1, -0.05) is 48.3 Å². The summed E-state index contributed by atoms with van der Waals surface area (Å²) in [5, 5.41) is 1.54. The number of allylic oxidation sites excluding steroid dienone is 4. The van der Waals surface area contributed by atoms with Crippen molar-refractivity contribution >= 4 is 22.6 Å². The molecule has 0 saturated carbocycles. The molecular formula is C22H15NO2. The molecule has 1 heterocycles. The number of nitrogens with zero attached hydrogens (tertiary/aromatic N) is 1. The van der Waals surface area contributed by atoms with Gasteiger partial charge in [-0.25, -0.2) is 0 Å². The van der Waals surface area contributed by atoms with Gasteiger partial charge in [-0.3, -0.25) is 14.5 Å². The lowest BCUT2D eigenvalue weighted by atomic mass is 9.91. The molecule has 4 rings (SSSR count). The van der Waals surface area contributed by atoms with Crippen LogP contribution in [0.4, 0.5) is 0 Å². The van der Waals surface area contributed by atoms with Crippen LogP contribution < -0.4 is 0 Å². The van der Waals surface area contributed by atoms with Crippen LogP contribution in [-0.2, 0) is 0 Å². The fourth-order valence-corrected chi connectivity index (χ4v) is 3.24. The third-order valence-electron chi connectivity index (χ3n) is 4.43. The second-order valence-corrected chi connectivity index (χ2v) is 5.97. The number of imide groups is 1. The van der Waals surface area contributed by atoms with Crippen molar-refractivity contribution < 1.29 is 9.59 Å². The number of hydrogen-bond acceptors (Lipinski definition) is 2. The van der Waals surface area contributed by atoms with Crippen LogP contribution in [0.15, 0.2) is 66.8 Å². The maximum Gasteiger partial charge on any atom is 0.261 e. The second-order valence-electron chi connectivity index (χ2n) is 5.97. The first-order valence-corrected chi connectivity index (χ1v) is 8.11. The molecule has 2 amide bonds. The minimum absolute atomic E-state index is 0.205. The van der Waals surface area contributed by atoms with Gasteiger partial charge in [0, 0.05) is 34.2 Å². The van der Waals surface area contributed by atoms with E-state index in [9.17, 15) is 9.59 Å². The molecule has 0 N–H and O–H groups in total. The van der Waals surface area contributed by atoms with Gasteiger partial charge in [-0.15, -0.1) is 6.58 Å². The number of benzene rings is 2. The van der Waals surface area contributed by atoms with Gasteiger partial charge in [-0.05, 0) is 30.0 Å². The minimum atomic E-state index is -0.282. The van der Waals surface area contributed by atoms with E-state index in [0.717, 1.165) is 22.9 Å². The van der Waals surface area contributed by atoms with Crippen molar-refractivity contribution in [3.05, 3.63) is 83.5 Å². The standard InChI is InChI=1S/C22H15NO2/c1-2-14-23-21(24)18-9-5-8-17-16(11-10-15-6-3-4-7-15)12-13-19(20(17)18)22(23)25/h2-6,8-9,12-13H,1,7,14H2. The molecule has 1 aliphatic carbocycles. The summed E-state index contributed by atoms with van der Waals surface area (Å²) < 4.78 is 0. The zero-order chi connectivity index (χ0) is 17.4. The highest BCUT2D eigenvalue weighted by Gasteiger charge is 2.32. The molecule has 25 heavy (non-hydrogen) atoms. The molecule has 0 fully saturated rings. The molecule has 0 spiro atoms. The van der Waals surface area contributed by atoms with E-state index in [1.807, 2.05) is 30.4 Å². The maximum atomic E-state index is 12.7. The summed E-state index contributed by atoms with van der Waals surface area (Å²) in [6, 6.07) is 9.14. The Morgan fingerprint density at radius 3 is 2.60 bits per heavy atom. The van der Waals surface area contributed by atoms with Crippen molar-refractivity contribution in [2.24, 2.45) is 0 Å². The van der Waals surface area contributed by atoms with Crippen LogP contribution in [0, 0.1) is 11.8 Å². The summed E-state index contributed by atoms with van der Waals surface area (Å²) in [5.74, 6) is 5.80. The normalized spacial score (nSPS) is 15.2. The van der Waals surface area contributed by atoms with E-state index < -0.39 is 0 Å². The molecule has 0 aromatic heterocycles. The second kappa shape index (κ2) is 5.92. The van der Waals surface area contributed by atoms with E-state index in [2.05, 4.69) is 24.5 Å². The Morgan fingerprint density at radius 2 is 1.88 bits per heavy atom. The van der Waals surface area contributed by atoms with Gasteiger partial charge < -0.3 is 0 Å². The summed E-state index contributed by atoms with van der Waals surface area (Å²) in [7, 11) is 0. The van der Waals surface area contributed by atoms with E-state index in [4.69, 9.17) is 0 Å². The first kappa shape index (κ1) is 15.2. The molecule has 2 aliphatic rings. The lowest BCUT2D eigenvalue weighted by Gasteiger charge is -2.26. The van der Waals surface area contributed by atoms with Gasteiger partial charge in [0.25, 0.3) is 11.8 Å². The number of rotatable bonds is 2. The summed E-state index contributed by atoms with van der Waals surface area (Å²) in [6.07, 6.45) is 8.46. The van der Waals surface area contributed by atoms with Gasteiger partial charge in [0.15, 0.2) is 0 Å². The van der Waals surface area contributed by atoms with E-state index in [0.29, 0.717) is 16.5 Å². The molecule has 0 bridgehead atoms. The Labute approximate surface area is 145 Å². The smallest absolute Gasteiger partial charge is 0.261 e. The van der Waals surface area contributed by atoms with E-state index in [-0.39, 0.29) is 18.4 Å². The lowest BCUT2D eigenvalue weighted by Crippen LogP contribution is -2.40. The first-order chi connectivity index (χ1) is 12.2. The van der Waals surface area contributed by atoms with Crippen molar-refractivity contribution in [3.8, 4) is 11.8 Å². The lowest BCUT2D eigenvalue weighted by molar-refractivity contribution is 0.0629. The summed E-state index contributed by atoms with van der Waals surface area (Å²) in [6.45, 7) is 3.83. The predicted molar refractivity (Wildman–Crippen MR) is 98.2 cm³/mol. The number of carbonyl (C=O) groups is 2. The van der Waals surface area contributed by atoms with Crippen molar-refractivity contribution in [3.63, 3.8) is 0 Å². The van der Waals surface area contributed by atoms with E-state index in [1.54, 1.807) is 18.2 Å². The topological polar surface area (TPSA) is 37.4 Å². The molecule has 0 unspecified atom stereocenters. The zero-order valence-electron chi connectivity index (χ0n) is 13.6. The fourth-order valence-electron chi connectivity index (χ4n) is 3.24. The minimum Gasteiger partial charge on any atom is -0.270 e. The van der Waals surface area contributed by atoms with Crippen LogP contribution in [0.1, 0.15) is 32.7 Å². The third-order valence-corrected chi connectivity index (χ3v) is 4.43. The summed E-state index contributed by atoms with van der Waals surface area (Å²) in [4.78, 5) is 26.6. The quantitative estimate of drug-likeness (QED) is 0.478. The van der Waals surface area contributed by atoms with Gasteiger partial charge in [0.2, 0.25) is 0 Å². The molecule has 1 aliphatic heterocycles. The molecule has 2 aromatic rings. The molecule has 0 atom stereocenters. The number of hydrogen-bond donors (Lipinski definition) is 0. The van der Waals surface area contributed by atoms with Crippen molar-refractivity contribution in [2.75, 3.05) is 6.54 Å². The molecule has 0 radical (unpaired) electrons. The van der Waals surface area contributed by atoms with Crippen LogP contribution >= 0.6 is 0 Å². The highest BCUT2D eigenvalue weighted by molar-refractivity contribution is 6.26. The molecule has 2 aromatic carbocycles. The number of amides is 2. The SMILES string of the molecule is C=CCN1C(=O)c2cccc3c(C#CC4=CC=CC4)ccc(c23)C1=O. The highest BCUT2D eigenvalue weighted by atomic mass is 16.2. The zero-order valence-corrected chi connectivity index (χ0v) is 13.6. The Morgan fingerprint density at radius 1 is 1.08 bits per heavy atom. The van der Waals surface area contributed by atoms with Crippen LogP contribution in [-0.4, -0.2) is 23.3 Å². The third kappa shape index (κ3) is 2.40. The Kier molecular flexibility index (Phi) is 3.59. The monoisotopic (exact) mass is 325 g/mol. The molecule has 3 nitrogen and oxygen atoms in total. The molecule has 120 valence electrons. The van der Waals surface area contributed by atoms with Crippen molar-refractivity contribution in [1.82, 2.24) is 4.90 Å². The van der Waals surface area contributed by atoms with Crippen molar-refractivity contribution in [1.29, 1.82) is 0 Å². The molecular weight excluding hydrogens is 310 g/mol. The fraction of sp³-hybridized carbons (Fsp3) is 0.0909. The van der Waals surface area contributed by atoms with Gasteiger partial charge >= 0.3 is 0 Å². The van der Waals surface area contributed by atoms with Crippen LogP contribution in [0.3, 0.4) is 0 Å². The first-order valence-electron chi connectivity index (χ1n) is 8.11. The Hall–Kier alpha value is -3.38. The van der Waals surface area contributed by atoms with E-state index in [1.165, 1.54) is 4.90 Å². The van der Waals surface area contributed by atoms with Crippen LogP contribution in [0.5, 0.6) is 0 Å². The Balaban J connectivity index is 1.90. The van der Waals surface area contributed by atoms with Gasteiger partial charge in [0.05, 0.1) is 0 Å². The van der Waals surface area contributed by atoms with Crippen LogP contribution in [0.2, 0.25) is 0 Å². The average molecular weight is 325 g/mol. The molecule has 0 saturated heterocycles. The maximum absolute atomic E-state index is 12.7. The largest absolute Gasteiger partial charge is 0.270 e. The summed E-state index contributed by atoms with van der Waals surface area (Å²) >= 11 is 0. The van der Waals surface area contributed by atoms with Gasteiger partial charge in [0.1, 0.15) is 0 Å². The average Bonchev–Trinajstić information content (AvgIpc) is 3.15. The van der Waals surface area contributed by atoms with Gasteiger partial charge in [-0.2, -0.15) is 0 Å². The number of carbonyl (C=O) groups excluding carboxylic acids is 2. The molecule has 3 heteroatoms.